The van der Waals surface area contributed by atoms with Crippen LogP contribution in [-0.2, 0) is 17.6 Å². The number of pyridine rings is 1. The number of hydrogen-bond donors (Lipinski definition) is 1. The third-order valence-electron chi connectivity index (χ3n) is 4.83. The van der Waals surface area contributed by atoms with Crippen LogP contribution in [0.4, 0.5) is 0 Å². The van der Waals surface area contributed by atoms with E-state index < -0.39 is 0 Å². The molecule has 1 amide bonds. The Morgan fingerprint density at radius 2 is 2.26 bits per heavy atom. The first-order valence-electron chi connectivity index (χ1n) is 8.41. The molecule has 0 bridgehead atoms. The second kappa shape index (κ2) is 6.04. The number of rotatable bonds is 4. The van der Waals surface area contributed by atoms with Gasteiger partial charge in [0.05, 0.1) is 11.7 Å². The Bertz CT molecular complexity index is 689. The number of carbonyl (C=O) groups is 1. The smallest absolute Gasteiger partial charge is 0.224 e. The molecule has 1 saturated carbocycles. The molecule has 0 radical (unpaired) electrons. The van der Waals surface area contributed by atoms with Gasteiger partial charge < -0.3 is 5.32 Å². The van der Waals surface area contributed by atoms with Crippen molar-refractivity contribution in [1.29, 1.82) is 0 Å². The second-order valence-corrected chi connectivity index (χ2v) is 7.71. The molecule has 0 saturated heterocycles. The first-order chi connectivity index (χ1) is 11.2. The Labute approximate surface area is 140 Å². The molecular formula is C18H21N3OS. The van der Waals surface area contributed by atoms with Crippen molar-refractivity contribution in [1.82, 2.24) is 15.3 Å². The zero-order chi connectivity index (χ0) is 15.8. The lowest BCUT2D eigenvalue weighted by molar-refractivity contribution is -0.123. The number of aryl methyl sites for hydroxylation is 2. The zero-order valence-electron chi connectivity index (χ0n) is 13.3. The lowest BCUT2D eigenvalue weighted by atomic mass is 10.0. The second-order valence-electron chi connectivity index (χ2n) is 6.59. The topological polar surface area (TPSA) is 54.9 Å². The summed E-state index contributed by atoms with van der Waals surface area (Å²) in [5.41, 5.74) is 2.43. The normalized spacial score (nSPS) is 23.9. The monoisotopic (exact) mass is 327 g/mol. The van der Waals surface area contributed by atoms with E-state index in [-0.39, 0.29) is 17.9 Å². The van der Waals surface area contributed by atoms with E-state index in [4.69, 9.17) is 4.98 Å². The van der Waals surface area contributed by atoms with Crippen LogP contribution in [0.2, 0.25) is 0 Å². The predicted molar refractivity (Wildman–Crippen MR) is 90.4 cm³/mol. The molecule has 0 aromatic carbocycles. The minimum absolute atomic E-state index is 0.00764. The largest absolute Gasteiger partial charge is 0.347 e. The molecule has 120 valence electrons. The van der Waals surface area contributed by atoms with Crippen molar-refractivity contribution in [3.63, 3.8) is 0 Å². The standard InChI is InChI=1S/C18H21N3OS/c1-11(18-21-15-6-2-3-7-16(15)23-18)20-17(22)14-9-13(14)12-5-4-8-19-10-12/h4-5,8,10-11,13-14H,2-3,6-7,9H2,1H3,(H,20,22)/t11-,13-,14+/m0/s1. The van der Waals surface area contributed by atoms with Crippen molar-refractivity contribution < 1.29 is 4.79 Å². The minimum Gasteiger partial charge on any atom is -0.347 e. The Morgan fingerprint density at radius 1 is 1.39 bits per heavy atom. The predicted octanol–water partition coefficient (Wildman–Crippen LogP) is 3.40. The quantitative estimate of drug-likeness (QED) is 0.936. The summed E-state index contributed by atoms with van der Waals surface area (Å²) >= 11 is 1.78. The average Bonchev–Trinajstić information content (AvgIpc) is 3.27. The molecule has 1 N–H and O–H groups in total. The van der Waals surface area contributed by atoms with Crippen LogP contribution in [0.5, 0.6) is 0 Å². The van der Waals surface area contributed by atoms with E-state index >= 15 is 0 Å². The maximum atomic E-state index is 12.5. The number of thiazole rings is 1. The molecule has 2 aromatic heterocycles. The summed E-state index contributed by atoms with van der Waals surface area (Å²) in [5, 5.41) is 4.21. The molecule has 0 unspecified atom stereocenters. The van der Waals surface area contributed by atoms with E-state index in [0.29, 0.717) is 5.92 Å². The molecule has 0 spiro atoms. The van der Waals surface area contributed by atoms with Crippen molar-refractivity contribution in [2.75, 3.05) is 0 Å². The van der Waals surface area contributed by atoms with Crippen LogP contribution < -0.4 is 5.32 Å². The van der Waals surface area contributed by atoms with Crippen LogP contribution in [0.3, 0.4) is 0 Å². The van der Waals surface area contributed by atoms with E-state index in [0.717, 1.165) is 24.3 Å². The molecule has 2 aromatic rings. The minimum atomic E-state index is 0.00764. The molecule has 2 heterocycles. The highest BCUT2D eigenvalue weighted by Crippen LogP contribution is 2.47. The van der Waals surface area contributed by atoms with Crippen molar-refractivity contribution in [3.05, 3.63) is 45.7 Å². The molecule has 2 aliphatic rings. The number of fused-ring (bicyclic) bond motifs is 1. The fourth-order valence-electron chi connectivity index (χ4n) is 3.39. The van der Waals surface area contributed by atoms with Gasteiger partial charge in [0.15, 0.2) is 0 Å². The van der Waals surface area contributed by atoms with Crippen LogP contribution >= 0.6 is 11.3 Å². The van der Waals surface area contributed by atoms with Crippen LogP contribution in [0.15, 0.2) is 24.5 Å². The number of nitrogens with one attached hydrogen (secondary N) is 1. The zero-order valence-corrected chi connectivity index (χ0v) is 14.1. The van der Waals surface area contributed by atoms with Crippen LogP contribution in [0.1, 0.15) is 59.3 Å². The third-order valence-corrected chi connectivity index (χ3v) is 6.17. The number of aromatic nitrogens is 2. The summed E-state index contributed by atoms with van der Waals surface area (Å²) in [4.78, 5) is 22.8. The van der Waals surface area contributed by atoms with Gasteiger partial charge in [0, 0.05) is 23.2 Å². The average molecular weight is 327 g/mol. The van der Waals surface area contributed by atoms with E-state index in [1.807, 2.05) is 19.2 Å². The lowest BCUT2D eigenvalue weighted by Gasteiger charge is -2.11. The van der Waals surface area contributed by atoms with Crippen molar-refractivity contribution in [3.8, 4) is 0 Å². The number of amides is 1. The van der Waals surface area contributed by atoms with Crippen molar-refractivity contribution in [2.45, 2.75) is 51.0 Å². The summed E-state index contributed by atoms with van der Waals surface area (Å²) in [6.07, 6.45) is 9.33. The molecule has 2 aliphatic carbocycles. The maximum Gasteiger partial charge on any atom is 0.224 e. The van der Waals surface area contributed by atoms with Gasteiger partial charge in [-0.3, -0.25) is 9.78 Å². The van der Waals surface area contributed by atoms with Gasteiger partial charge in [-0.1, -0.05) is 6.07 Å². The summed E-state index contributed by atoms with van der Waals surface area (Å²) in [6, 6.07) is 4.00. The van der Waals surface area contributed by atoms with Gasteiger partial charge in [-0.05, 0) is 56.6 Å². The van der Waals surface area contributed by atoms with E-state index in [1.165, 1.54) is 29.0 Å². The van der Waals surface area contributed by atoms with Gasteiger partial charge in [-0.15, -0.1) is 11.3 Å². The SMILES string of the molecule is C[C@H](NC(=O)[C@@H]1C[C@H]1c1cccnc1)c1nc2c(s1)CCCC2. The van der Waals surface area contributed by atoms with Gasteiger partial charge in [-0.2, -0.15) is 0 Å². The number of hydrogen-bond acceptors (Lipinski definition) is 4. The molecule has 0 aliphatic heterocycles. The van der Waals surface area contributed by atoms with Gasteiger partial charge >= 0.3 is 0 Å². The van der Waals surface area contributed by atoms with Gasteiger partial charge in [-0.25, -0.2) is 4.98 Å². The molecule has 4 nitrogen and oxygen atoms in total. The van der Waals surface area contributed by atoms with E-state index in [2.05, 4.69) is 16.4 Å². The van der Waals surface area contributed by atoms with Crippen LogP contribution in [0, 0.1) is 5.92 Å². The first-order valence-corrected chi connectivity index (χ1v) is 9.23. The number of nitrogens with zero attached hydrogens (tertiary/aromatic N) is 2. The first kappa shape index (κ1) is 14.8. The highest BCUT2D eigenvalue weighted by Gasteiger charge is 2.44. The molecule has 1 fully saturated rings. The summed E-state index contributed by atoms with van der Waals surface area (Å²) < 4.78 is 0. The highest BCUT2D eigenvalue weighted by molar-refractivity contribution is 7.11. The molecule has 3 atom stereocenters. The third kappa shape index (κ3) is 3.02. The van der Waals surface area contributed by atoms with Crippen molar-refractivity contribution in [2.24, 2.45) is 5.92 Å². The molecule has 5 heteroatoms. The molecule has 4 rings (SSSR count). The van der Waals surface area contributed by atoms with E-state index in [1.54, 1.807) is 17.5 Å². The van der Waals surface area contributed by atoms with Crippen LogP contribution in [0.25, 0.3) is 0 Å². The Kier molecular flexibility index (Phi) is 3.89. The maximum absolute atomic E-state index is 12.5. The van der Waals surface area contributed by atoms with Crippen molar-refractivity contribution >= 4 is 17.2 Å². The van der Waals surface area contributed by atoms with Gasteiger partial charge in [0.2, 0.25) is 5.91 Å². The summed E-state index contributed by atoms with van der Waals surface area (Å²) in [7, 11) is 0. The Morgan fingerprint density at radius 3 is 3.04 bits per heavy atom. The lowest BCUT2D eigenvalue weighted by Crippen LogP contribution is -2.28. The summed E-state index contributed by atoms with van der Waals surface area (Å²) in [6.45, 7) is 2.05. The fourth-order valence-corrected chi connectivity index (χ4v) is 4.54. The van der Waals surface area contributed by atoms with E-state index in [9.17, 15) is 4.79 Å². The van der Waals surface area contributed by atoms with Gasteiger partial charge in [0.25, 0.3) is 0 Å². The highest BCUT2D eigenvalue weighted by atomic mass is 32.1. The fraction of sp³-hybridized carbons (Fsp3) is 0.500. The van der Waals surface area contributed by atoms with Gasteiger partial charge in [0.1, 0.15) is 5.01 Å². The summed E-state index contributed by atoms with van der Waals surface area (Å²) in [5.74, 6) is 0.580. The number of carbonyl (C=O) groups excluding carboxylic acids is 1. The Balaban J connectivity index is 1.38. The molecular weight excluding hydrogens is 306 g/mol. The van der Waals surface area contributed by atoms with Crippen LogP contribution in [-0.4, -0.2) is 15.9 Å². The Hall–Kier alpha value is -1.75. The molecule has 23 heavy (non-hydrogen) atoms.